The Morgan fingerprint density at radius 1 is 1.36 bits per heavy atom. The molecule has 7 nitrogen and oxygen atoms in total. The third-order valence-corrected chi connectivity index (χ3v) is 6.47. The first-order valence-electron chi connectivity index (χ1n) is 9.71. The van der Waals surface area contributed by atoms with Gasteiger partial charge in [-0.15, -0.1) is 0 Å². The van der Waals surface area contributed by atoms with E-state index in [1.165, 1.54) is 7.11 Å². The van der Waals surface area contributed by atoms with Crippen LogP contribution in [0.2, 0.25) is 0 Å². The fourth-order valence-corrected chi connectivity index (χ4v) is 5.02. The number of benzene rings is 1. The Morgan fingerprint density at radius 3 is 2.86 bits per heavy atom. The summed E-state index contributed by atoms with van der Waals surface area (Å²) < 4.78 is 5.71. The van der Waals surface area contributed by atoms with E-state index >= 15 is 0 Å². The van der Waals surface area contributed by atoms with E-state index in [1.807, 2.05) is 36.9 Å². The monoisotopic (exact) mass is 448 g/mol. The Morgan fingerprint density at radius 2 is 2.14 bits per heavy atom. The molecule has 2 N–H and O–H groups in total. The Hall–Kier alpha value is -2.09. The third-order valence-electron chi connectivity index (χ3n) is 5.97. The van der Waals surface area contributed by atoms with Gasteiger partial charge in [-0.2, -0.15) is 0 Å². The molecule has 0 radical (unpaired) electrons. The van der Waals surface area contributed by atoms with Crippen LogP contribution in [-0.4, -0.2) is 46.1 Å². The minimum atomic E-state index is -0.618. The van der Waals surface area contributed by atoms with E-state index in [2.05, 4.69) is 26.2 Å². The molecule has 1 saturated heterocycles. The number of H-pyrrole nitrogens is 1. The first kappa shape index (κ1) is 19.2. The summed E-state index contributed by atoms with van der Waals surface area (Å²) in [5.74, 6) is 1.12. The van der Waals surface area contributed by atoms with Gasteiger partial charge in [-0.1, -0.05) is 29.8 Å². The largest absolute Gasteiger partial charge is 0.453 e. The van der Waals surface area contributed by atoms with Crippen LogP contribution in [0.15, 0.2) is 22.7 Å². The Balaban J connectivity index is 1.67. The Bertz CT molecular complexity index is 912. The third kappa shape index (κ3) is 3.27. The van der Waals surface area contributed by atoms with E-state index < -0.39 is 12.1 Å². The lowest BCUT2D eigenvalue weighted by molar-refractivity contribution is -0.139. The van der Waals surface area contributed by atoms with Gasteiger partial charge in [0.05, 0.1) is 24.2 Å². The molecule has 1 aromatic heterocycles. The molecule has 4 rings (SSSR count). The number of likely N-dealkylation sites (tertiary alicyclic amines) is 1. The van der Waals surface area contributed by atoms with Crippen LogP contribution in [0.5, 0.6) is 0 Å². The number of halogens is 1. The molecule has 28 heavy (non-hydrogen) atoms. The van der Waals surface area contributed by atoms with E-state index in [9.17, 15) is 9.59 Å². The average molecular weight is 449 g/mol. The van der Waals surface area contributed by atoms with Crippen LogP contribution in [0.4, 0.5) is 4.79 Å². The lowest BCUT2D eigenvalue weighted by atomic mass is 9.95. The second-order valence-electron chi connectivity index (χ2n) is 8.06. The van der Waals surface area contributed by atoms with Crippen LogP contribution in [0.1, 0.15) is 45.0 Å². The van der Waals surface area contributed by atoms with Gasteiger partial charge in [0.25, 0.3) is 0 Å². The molecule has 2 aromatic rings. The molecule has 0 unspecified atom stereocenters. The summed E-state index contributed by atoms with van der Waals surface area (Å²) in [5.41, 5.74) is 1.84. The number of aromatic amines is 1. The van der Waals surface area contributed by atoms with Gasteiger partial charge in [-0.05, 0) is 49.3 Å². The van der Waals surface area contributed by atoms with Gasteiger partial charge in [-0.25, -0.2) is 9.78 Å². The highest BCUT2D eigenvalue weighted by Gasteiger charge is 2.51. The van der Waals surface area contributed by atoms with E-state index in [1.54, 1.807) is 0 Å². The van der Waals surface area contributed by atoms with Crippen LogP contribution in [-0.2, 0) is 9.53 Å². The number of imidazole rings is 1. The molecule has 2 amide bonds. The lowest BCUT2D eigenvalue weighted by Crippen LogP contribution is -2.54. The molecule has 1 saturated carbocycles. The van der Waals surface area contributed by atoms with Crippen molar-refractivity contribution in [2.45, 2.75) is 51.2 Å². The Kier molecular flexibility index (Phi) is 5.07. The maximum Gasteiger partial charge on any atom is 0.407 e. The molecule has 2 heterocycles. The van der Waals surface area contributed by atoms with Crippen molar-refractivity contribution in [2.24, 2.45) is 11.8 Å². The van der Waals surface area contributed by atoms with Crippen molar-refractivity contribution < 1.29 is 14.3 Å². The number of hydrogen-bond donors (Lipinski definition) is 2. The molecule has 0 spiro atoms. The topological polar surface area (TPSA) is 87.3 Å². The molecule has 150 valence electrons. The van der Waals surface area contributed by atoms with Crippen molar-refractivity contribution in [3.8, 4) is 0 Å². The van der Waals surface area contributed by atoms with Gasteiger partial charge < -0.3 is 19.9 Å². The maximum atomic E-state index is 13.5. The number of amides is 2. The minimum Gasteiger partial charge on any atom is -0.453 e. The second-order valence-corrected chi connectivity index (χ2v) is 8.97. The highest BCUT2D eigenvalue weighted by atomic mass is 79.9. The predicted molar refractivity (Wildman–Crippen MR) is 109 cm³/mol. The number of carbonyl (C=O) groups is 2. The van der Waals surface area contributed by atoms with E-state index in [0.717, 1.165) is 40.6 Å². The number of nitrogens with one attached hydrogen (secondary N) is 2. The van der Waals surface area contributed by atoms with E-state index in [4.69, 9.17) is 9.72 Å². The summed E-state index contributed by atoms with van der Waals surface area (Å²) in [4.78, 5) is 35.4. The van der Waals surface area contributed by atoms with Crippen molar-refractivity contribution in [3.63, 3.8) is 0 Å². The molecular weight excluding hydrogens is 424 g/mol. The van der Waals surface area contributed by atoms with Crippen LogP contribution < -0.4 is 5.32 Å². The zero-order valence-electron chi connectivity index (χ0n) is 16.2. The summed E-state index contributed by atoms with van der Waals surface area (Å²) in [6.07, 6.45) is 2.50. The van der Waals surface area contributed by atoms with Gasteiger partial charge in [0.2, 0.25) is 5.91 Å². The molecule has 2 bridgehead atoms. The van der Waals surface area contributed by atoms with E-state index in [-0.39, 0.29) is 23.9 Å². The fourth-order valence-electron chi connectivity index (χ4n) is 4.66. The van der Waals surface area contributed by atoms with Crippen LogP contribution in [0.25, 0.3) is 11.0 Å². The number of fused-ring (bicyclic) bond motifs is 3. The molecule has 1 aromatic carbocycles. The van der Waals surface area contributed by atoms with Gasteiger partial charge in [-0.3, -0.25) is 4.79 Å². The van der Waals surface area contributed by atoms with Crippen LogP contribution in [0.3, 0.4) is 0 Å². The molecule has 1 aliphatic carbocycles. The smallest absolute Gasteiger partial charge is 0.407 e. The van der Waals surface area contributed by atoms with Gasteiger partial charge >= 0.3 is 6.09 Å². The number of alkyl carbamates (subject to hydrolysis) is 1. The number of rotatable bonds is 4. The molecule has 2 fully saturated rings. The first-order chi connectivity index (χ1) is 13.4. The number of piperidine rings is 1. The number of aromatic nitrogens is 2. The molecular formula is C20H25BrN4O3. The minimum absolute atomic E-state index is 0.0435. The average Bonchev–Trinajstić information content (AvgIpc) is 3.37. The zero-order chi connectivity index (χ0) is 20.0. The molecule has 2 aliphatic rings. The van der Waals surface area contributed by atoms with Crippen molar-refractivity contribution >= 4 is 39.0 Å². The molecule has 4 atom stereocenters. The number of carbonyl (C=O) groups excluding carboxylic acids is 2. The zero-order valence-corrected chi connectivity index (χ0v) is 17.8. The van der Waals surface area contributed by atoms with Crippen molar-refractivity contribution in [1.82, 2.24) is 20.2 Å². The van der Waals surface area contributed by atoms with Gasteiger partial charge in [0.15, 0.2) is 0 Å². The second kappa shape index (κ2) is 7.39. The van der Waals surface area contributed by atoms with Gasteiger partial charge in [0.1, 0.15) is 11.9 Å². The highest BCUT2D eigenvalue weighted by molar-refractivity contribution is 9.10. The number of ether oxygens (including phenoxy) is 1. The summed E-state index contributed by atoms with van der Waals surface area (Å²) in [6.45, 7) is 3.86. The summed E-state index contributed by atoms with van der Waals surface area (Å²) in [6, 6.07) is 5.43. The van der Waals surface area contributed by atoms with Crippen molar-refractivity contribution in [3.05, 3.63) is 28.5 Å². The summed E-state index contributed by atoms with van der Waals surface area (Å²) in [7, 11) is 1.31. The SMILES string of the molecule is COC(=O)N[C@H](C(=O)N1[C@@H]2CC[C@H](C2)[C@H]1c1nc2ccc(Br)cc2[nH]1)C(C)C. The molecule has 1 aliphatic heterocycles. The summed E-state index contributed by atoms with van der Waals surface area (Å²) >= 11 is 3.49. The number of nitrogens with zero attached hydrogens (tertiary/aromatic N) is 2. The van der Waals surface area contributed by atoms with Gasteiger partial charge in [0, 0.05) is 10.5 Å². The normalized spacial score (nSPS) is 24.8. The van der Waals surface area contributed by atoms with Crippen molar-refractivity contribution in [2.75, 3.05) is 7.11 Å². The number of methoxy groups -OCH3 is 1. The quantitative estimate of drug-likeness (QED) is 0.744. The fraction of sp³-hybridized carbons (Fsp3) is 0.550. The maximum absolute atomic E-state index is 13.5. The lowest BCUT2D eigenvalue weighted by Gasteiger charge is -2.37. The number of hydrogen-bond acceptors (Lipinski definition) is 4. The standard InChI is InChI=1S/C20H25BrN4O3/c1-10(2)16(24-20(27)28-3)19(26)25-13-6-4-11(8-13)17(25)18-22-14-7-5-12(21)9-15(14)23-18/h5,7,9-11,13,16-17H,4,6,8H2,1-3H3,(H,22,23)(H,24,27)/t11-,13-,16+,17+/m1/s1. The first-order valence-corrected chi connectivity index (χ1v) is 10.5. The molecule has 8 heteroatoms. The van der Waals surface area contributed by atoms with Crippen molar-refractivity contribution in [1.29, 1.82) is 0 Å². The Labute approximate surface area is 172 Å². The van der Waals surface area contributed by atoms with Crippen LogP contribution >= 0.6 is 15.9 Å². The van der Waals surface area contributed by atoms with E-state index in [0.29, 0.717) is 5.92 Å². The van der Waals surface area contributed by atoms with Crippen LogP contribution in [0, 0.1) is 11.8 Å². The predicted octanol–water partition coefficient (Wildman–Crippen LogP) is 3.76. The summed E-state index contributed by atoms with van der Waals surface area (Å²) in [5, 5.41) is 2.72. The highest BCUT2D eigenvalue weighted by Crippen LogP contribution is 2.50.